The summed E-state index contributed by atoms with van der Waals surface area (Å²) in [4.78, 5) is 12.0. The monoisotopic (exact) mass is 251 g/mol. The molecule has 0 radical (unpaired) electrons. The van der Waals surface area contributed by atoms with E-state index < -0.39 is 0 Å². The van der Waals surface area contributed by atoms with Gasteiger partial charge in [0.2, 0.25) is 0 Å². The van der Waals surface area contributed by atoms with Crippen molar-refractivity contribution in [1.29, 1.82) is 0 Å². The van der Waals surface area contributed by atoms with Crippen LogP contribution in [0.5, 0.6) is 0 Å². The molecule has 2 atom stereocenters. The summed E-state index contributed by atoms with van der Waals surface area (Å²) in [5.74, 6) is 0.0941. The number of nitrogens with one attached hydrogen (secondary N) is 1. The molecule has 0 bridgehead atoms. The van der Waals surface area contributed by atoms with E-state index in [9.17, 15) is 9.90 Å². The lowest BCUT2D eigenvalue weighted by molar-refractivity contribution is 0.0908. The largest absolute Gasteiger partial charge is 0.393 e. The molecule has 1 fully saturated rings. The summed E-state index contributed by atoms with van der Waals surface area (Å²) >= 11 is 0. The van der Waals surface area contributed by atoms with Crippen molar-refractivity contribution in [2.75, 3.05) is 6.54 Å². The molecular formula is C13H21N3O2. The maximum atomic E-state index is 12.0. The minimum absolute atomic E-state index is 0.108. The third kappa shape index (κ3) is 2.72. The molecule has 1 aromatic heterocycles. The normalized spacial score (nSPS) is 23.3. The van der Waals surface area contributed by atoms with E-state index in [0.717, 1.165) is 31.4 Å². The van der Waals surface area contributed by atoms with Crippen molar-refractivity contribution < 1.29 is 9.90 Å². The molecule has 1 saturated carbocycles. The minimum Gasteiger partial charge on any atom is -0.393 e. The third-order valence-corrected chi connectivity index (χ3v) is 3.67. The van der Waals surface area contributed by atoms with Gasteiger partial charge >= 0.3 is 0 Å². The molecule has 0 aliphatic heterocycles. The van der Waals surface area contributed by atoms with Crippen LogP contribution in [0, 0.1) is 5.92 Å². The predicted octanol–water partition coefficient (Wildman–Crippen LogP) is 0.873. The number of rotatable bonds is 4. The van der Waals surface area contributed by atoms with Crippen LogP contribution in [0.15, 0.2) is 6.07 Å². The zero-order valence-corrected chi connectivity index (χ0v) is 11.0. The first-order chi connectivity index (χ1) is 8.61. The van der Waals surface area contributed by atoms with Crippen LogP contribution in [-0.2, 0) is 13.5 Å². The van der Waals surface area contributed by atoms with Crippen LogP contribution in [0.3, 0.4) is 0 Å². The van der Waals surface area contributed by atoms with Gasteiger partial charge in [-0.25, -0.2) is 0 Å². The van der Waals surface area contributed by atoms with Crippen LogP contribution >= 0.6 is 0 Å². The molecule has 5 nitrogen and oxygen atoms in total. The zero-order valence-electron chi connectivity index (χ0n) is 11.0. The maximum Gasteiger partial charge on any atom is 0.269 e. The summed E-state index contributed by atoms with van der Waals surface area (Å²) in [5, 5.41) is 16.8. The third-order valence-electron chi connectivity index (χ3n) is 3.67. The first kappa shape index (κ1) is 13.1. The topological polar surface area (TPSA) is 67.2 Å². The predicted molar refractivity (Wildman–Crippen MR) is 68.3 cm³/mol. The van der Waals surface area contributed by atoms with E-state index in [4.69, 9.17) is 0 Å². The fraction of sp³-hybridized carbons (Fsp3) is 0.692. The lowest BCUT2D eigenvalue weighted by atomic mass is 10.1. The molecule has 1 aromatic rings. The van der Waals surface area contributed by atoms with Crippen LogP contribution in [-0.4, -0.2) is 33.4 Å². The van der Waals surface area contributed by atoms with Crippen molar-refractivity contribution in [2.45, 2.75) is 38.7 Å². The summed E-state index contributed by atoms with van der Waals surface area (Å²) in [6.07, 6.45) is 3.46. The SMILES string of the molecule is CCc1cc(C(=O)NCC2CCCC2O)n(C)n1. The number of carbonyl (C=O) groups excluding carboxylic acids is 1. The number of amides is 1. The average Bonchev–Trinajstić information content (AvgIpc) is 2.92. The van der Waals surface area contributed by atoms with Crippen molar-refractivity contribution in [1.82, 2.24) is 15.1 Å². The number of aliphatic hydroxyl groups excluding tert-OH is 1. The summed E-state index contributed by atoms with van der Waals surface area (Å²) in [6, 6.07) is 1.82. The molecule has 0 aromatic carbocycles. The van der Waals surface area contributed by atoms with Gasteiger partial charge in [-0.3, -0.25) is 9.48 Å². The summed E-state index contributed by atoms with van der Waals surface area (Å²) in [7, 11) is 1.78. The van der Waals surface area contributed by atoms with Gasteiger partial charge in [-0.1, -0.05) is 13.3 Å². The number of hydrogen-bond acceptors (Lipinski definition) is 3. The lowest BCUT2D eigenvalue weighted by Crippen LogP contribution is -2.33. The highest BCUT2D eigenvalue weighted by Gasteiger charge is 2.25. The Hall–Kier alpha value is -1.36. The van der Waals surface area contributed by atoms with E-state index in [0.29, 0.717) is 12.2 Å². The van der Waals surface area contributed by atoms with E-state index in [1.807, 2.05) is 13.0 Å². The Morgan fingerprint density at radius 1 is 1.61 bits per heavy atom. The van der Waals surface area contributed by atoms with Gasteiger partial charge < -0.3 is 10.4 Å². The summed E-state index contributed by atoms with van der Waals surface area (Å²) < 4.78 is 1.61. The van der Waals surface area contributed by atoms with Crippen LogP contribution < -0.4 is 5.32 Å². The molecule has 1 aliphatic rings. The number of aliphatic hydroxyl groups is 1. The Morgan fingerprint density at radius 2 is 2.39 bits per heavy atom. The van der Waals surface area contributed by atoms with E-state index in [2.05, 4.69) is 10.4 Å². The highest BCUT2D eigenvalue weighted by Crippen LogP contribution is 2.24. The van der Waals surface area contributed by atoms with Gasteiger partial charge in [-0.15, -0.1) is 0 Å². The Bertz CT molecular complexity index is 428. The second-order valence-electron chi connectivity index (χ2n) is 4.97. The van der Waals surface area contributed by atoms with Crippen molar-refractivity contribution in [2.24, 2.45) is 13.0 Å². The van der Waals surface area contributed by atoms with Gasteiger partial charge in [-0.2, -0.15) is 5.10 Å². The fourth-order valence-corrected chi connectivity index (χ4v) is 2.48. The Labute approximate surface area is 107 Å². The maximum absolute atomic E-state index is 12.0. The van der Waals surface area contributed by atoms with Gasteiger partial charge in [0.25, 0.3) is 5.91 Å². The fourth-order valence-electron chi connectivity index (χ4n) is 2.48. The van der Waals surface area contributed by atoms with E-state index in [1.165, 1.54) is 0 Å². The molecule has 5 heteroatoms. The smallest absolute Gasteiger partial charge is 0.269 e. The number of aromatic nitrogens is 2. The van der Waals surface area contributed by atoms with Crippen LogP contribution in [0.1, 0.15) is 42.4 Å². The second kappa shape index (κ2) is 5.52. The highest BCUT2D eigenvalue weighted by atomic mass is 16.3. The number of hydrogen-bond donors (Lipinski definition) is 2. The summed E-state index contributed by atoms with van der Waals surface area (Å²) in [5.41, 5.74) is 1.50. The van der Waals surface area contributed by atoms with Crippen molar-refractivity contribution in [3.05, 3.63) is 17.5 Å². The second-order valence-corrected chi connectivity index (χ2v) is 4.97. The van der Waals surface area contributed by atoms with Gasteiger partial charge in [0.15, 0.2) is 0 Å². The molecule has 1 heterocycles. The van der Waals surface area contributed by atoms with Crippen LogP contribution in [0.2, 0.25) is 0 Å². The van der Waals surface area contributed by atoms with E-state index in [1.54, 1.807) is 11.7 Å². The molecule has 1 aliphatic carbocycles. The molecular weight excluding hydrogens is 230 g/mol. The first-order valence-electron chi connectivity index (χ1n) is 6.61. The molecule has 0 spiro atoms. The quantitative estimate of drug-likeness (QED) is 0.834. The standard InChI is InChI=1S/C13H21N3O2/c1-3-10-7-11(16(2)15-10)13(18)14-8-9-5-4-6-12(9)17/h7,9,12,17H,3-6,8H2,1-2H3,(H,14,18). The van der Waals surface area contributed by atoms with Gasteiger partial charge in [-0.05, 0) is 25.3 Å². The van der Waals surface area contributed by atoms with Crippen molar-refractivity contribution in [3.8, 4) is 0 Å². The first-order valence-corrected chi connectivity index (χ1v) is 6.61. The Balaban J connectivity index is 1.92. The number of carbonyl (C=O) groups is 1. The van der Waals surface area contributed by atoms with Gasteiger partial charge in [0, 0.05) is 19.5 Å². The van der Waals surface area contributed by atoms with E-state index >= 15 is 0 Å². The molecule has 0 saturated heterocycles. The summed E-state index contributed by atoms with van der Waals surface area (Å²) in [6.45, 7) is 2.56. The minimum atomic E-state index is -0.261. The molecule has 18 heavy (non-hydrogen) atoms. The molecule has 2 N–H and O–H groups in total. The van der Waals surface area contributed by atoms with Gasteiger partial charge in [0.05, 0.1) is 11.8 Å². The van der Waals surface area contributed by atoms with Gasteiger partial charge in [0.1, 0.15) is 5.69 Å². The molecule has 2 unspecified atom stereocenters. The Morgan fingerprint density at radius 3 is 2.94 bits per heavy atom. The molecule has 1 amide bonds. The average molecular weight is 251 g/mol. The highest BCUT2D eigenvalue weighted by molar-refractivity contribution is 5.92. The van der Waals surface area contributed by atoms with Crippen molar-refractivity contribution >= 4 is 5.91 Å². The van der Waals surface area contributed by atoms with E-state index in [-0.39, 0.29) is 17.9 Å². The van der Waals surface area contributed by atoms with Crippen LogP contribution in [0.25, 0.3) is 0 Å². The number of nitrogens with zero attached hydrogens (tertiary/aromatic N) is 2. The lowest BCUT2D eigenvalue weighted by Gasteiger charge is -2.14. The molecule has 2 rings (SSSR count). The van der Waals surface area contributed by atoms with Crippen molar-refractivity contribution in [3.63, 3.8) is 0 Å². The Kier molecular flexibility index (Phi) is 4.01. The number of aryl methyl sites for hydroxylation is 2. The zero-order chi connectivity index (χ0) is 13.1. The molecule has 100 valence electrons. The van der Waals surface area contributed by atoms with Crippen LogP contribution in [0.4, 0.5) is 0 Å².